The summed E-state index contributed by atoms with van der Waals surface area (Å²) in [5.74, 6) is -0.981. The topological polar surface area (TPSA) is 91.4 Å². The van der Waals surface area contributed by atoms with Crippen molar-refractivity contribution in [2.24, 2.45) is 0 Å². The first-order valence-electron chi connectivity index (χ1n) is 5.63. The molecule has 0 atom stereocenters. The van der Waals surface area contributed by atoms with Crippen LogP contribution in [0.2, 0.25) is 0 Å². The van der Waals surface area contributed by atoms with E-state index in [0.717, 1.165) is 11.6 Å². The van der Waals surface area contributed by atoms with Crippen LogP contribution in [0.1, 0.15) is 5.56 Å². The number of aromatic nitrogens is 3. The van der Waals surface area contributed by atoms with Crippen molar-refractivity contribution in [3.8, 4) is 22.9 Å². The van der Waals surface area contributed by atoms with Crippen LogP contribution in [0.3, 0.4) is 0 Å². The highest BCUT2D eigenvalue weighted by atomic mass is 16.3. The van der Waals surface area contributed by atoms with Gasteiger partial charge in [0.15, 0.2) is 11.5 Å². The molecule has 3 N–H and O–H groups in total. The molecule has 0 aliphatic rings. The molecule has 1 heterocycles. The predicted octanol–water partition coefficient (Wildman–Crippen LogP) is 1.85. The molecular formula is C13H11N3O3. The number of hydrogen-bond acceptors (Lipinski definition) is 5. The van der Waals surface area contributed by atoms with E-state index < -0.39 is 5.75 Å². The molecule has 0 bridgehead atoms. The number of fused-ring (bicyclic) bond motifs is 1. The Morgan fingerprint density at radius 2 is 1.68 bits per heavy atom. The second-order valence-corrected chi connectivity index (χ2v) is 4.31. The molecule has 3 aromatic rings. The highest BCUT2D eigenvalue weighted by molar-refractivity contribution is 5.75. The van der Waals surface area contributed by atoms with Gasteiger partial charge >= 0.3 is 0 Å². The lowest BCUT2D eigenvalue weighted by Crippen LogP contribution is -1.98. The van der Waals surface area contributed by atoms with Crippen molar-refractivity contribution >= 4 is 11.0 Å². The van der Waals surface area contributed by atoms with Crippen LogP contribution in [-0.2, 0) is 0 Å². The van der Waals surface area contributed by atoms with Crippen LogP contribution in [0.15, 0.2) is 30.3 Å². The lowest BCUT2D eigenvalue weighted by atomic mass is 10.2. The SMILES string of the molecule is Cc1ccc2nn(-c3cc(O)cc(O)c3O)nc2c1. The third kappa shape index (κ3) is 1.83. The van der Waals surface area contributed by atoms with Crippen molar-refractivity contribution in [3.05, 3.63) is 35.9 Å². The monoisotopic (exact) mass is 257 g/mol. The van der Waals surface area contributed by atoms with Crippen LogP contribution < -0.4 is 0 Å². The zero-order valence-electron chi connectivity index (χ0n) is 10.1. The Kier molecular flexibility index (Phi) is 2.31. The van der Waals surface area contributed by atoms with Crippen LogP contribution in [-0.4, -0.2) is 30.3 Å². The summed E-state index contributed by atoms with van der Waals surface area (Å²) in [6.07, 6.45) is 0. The van der Waals surface area contributed by atoms with Gasteiger partial charge in [-0.15, -0.1) is 15.0 Å². The first-order chi connectivity index (χ1) is 9.04. The van der Waals surface area contributed by atoms with Gasteiger partial charge in [-0.3, -0.25) is 0 Å². The summed E-state index contributed by atoms with van der Waals surface area (Å²) in [6.45, 7) is 1.94. The molecule has 0 aliphatic carbocycles. The van der Waals surface area contributed by atoms with Gasteiger partial charge in [-0.2, -0.15) is 0 Å². The summed E-state index contributed by atoms with van der Waals surface area (Å²) in [5.41, 5.74) is 2.49. The predicted molar refractivity (Wildman–Crippen MR) is 68.6 cm³/mol. The fraction of sp³-hybridized carbons (Fsp3) is 0.0769. The van der Waals surface area contributed by atoms with E-state index in [1.165, 1.54) is 10.9 Å². The Bertz CT molecular complexity index is 780. The molecule has 0 radical (unpaired) electrons. The van der Waals surface area contributed by atoms with Gasteiger partial charge in [0.1, 0.15) is 22.5 Å². The highest BCUT2D eigenvalue weighted by Gasteiger charge is 2.13. The summed E-state index contributed by atoms with van der Waals surface area (Å²) in [7, 11) is 0. The van der Waals surface area contributed by atoms with Crippen molar-refractivity contribution in [2.75, 3.05) is 0 Å². The molecular weight excluding hydrogens is 246 g/mol. The standard InChI is InChI=1S/C13H11N3O3/c1-7-2-3-9-10(4-7)15-16(14-9)11-5-8(17)6-12(18)13(11)19/h2-6,17-19H,1H3. The number of phenolic OH excluding ortho intramolecular Hbond substituents is 3. The van der Waals surface area contributed by atoms with E-state index in [2.05, 4.69) is 10.2 Å². The Hall–Kier alpha value is -2.76. The maximum atomic E-state index is 9.79. The van der Waals surface area contributed by atoms with E-state index in [0.29, 0.717) is 11.0 Å². The Balaban J connectivity index is 2.24. The lowest BCUT2D eigenvalue weighted by Gasteiger charge is -2.05. The quantitative estimate of drug-likeness (QED) is 0.457. The molecule has 0 fully saturated rings. The molecule has 3 rings (SSSR count). The Morgan fingerprint density at radius 3 is 2.47 bits per heavy atom. The molecule has 0 saturated carbocycles. The summed E-state index contributed by atoms with van der Waals surface area (Å²) < 4.78 is 0. The molecule has 6 nitrogen and oxygen atoms in total. The summed E-state index contributed by atoms with van der Waals surface area (Å²) in [5, 5.41) is 37.1. The minimum atomic E-state index is -0.424. The van der Waals surface area contributed by atoms with E-state index in [-0.39, 0.29) is 17.2 Å². The molecule has 96 valence electrons. The Labute approximate surface area is 108 Å². The van der Waals surface area contributed by atoms with Crippen molar-refractivity contribution in [3.63, 3.8) is 0 Å². The van der Waals surface area contributed by atoms with Gasteiger partial charge in [0.25, 0.3) is 0 Å². The zero-order chi connectivity index (χ0) is 13.6. The van der Waals surface area contributed by atoms with E-state index in [9.17, 15) is 15.3 Å². The van der Waals surface area contributed by atoms with Crippen LogP contribution >= 0.6 is 0 Å². The maximum Gasteiger partial charge on any atom is 0.185 e. The largest absolute Gasteiger partial charge is 0.508 e. The van der Waals surface area contributed by atoms with E-state index in [1.54, 1.807) is 0 Å². The van der Waals surface area contributed by atoms with Crippen LogP contribution in [0.4, 0.5) is 0 Å². The molecule has 0 amide bonds. The number of aryl methyl sites for hydroxylation is 1. The Morgan fingerprint density at radius 1 is 0.947 bits per heavy atom. The van der Waals surface area contributed by atoms with Gasteiger partial charge in [-0.05, 0) is 24.6 Å². The lowest BCUT2D eigenvalue weighted by molar-refractivity contribution is 0.392. The summed E-state index contributed by atoms with van der Waals surface area (Å²) >= 11 is 0. The van der Waals surface area contributed by atoms with Gasteiger partial charge in [0.2, 0.25) is 0 Å². The second-order valence-electron chi connectivity index (χ2n) is 4.31. The van der Waals surface area contributed by atoms with Crippen LogP contribution in [0, 0.1) is 6.92 Å². The third-order valence-corrected chi connectivity index (χ3v) is 2.81. The molecule has 1 aromatic heterocycles. The molecule has 0 unspecified atom stereocenters. The number of hydrogen-bond donors (Lipinski definition) is 3. The van der Waals surface area contributed by atoms with Gasteiger partial charge in [0.05, 0.1) is 0 Å². The minimum absolute atomic E-state index is 0.117. The fourth-order valence-corrected chi connectivity index (χ4v) is 1.87. The van der Waals surface area contributed by atoms with Crippen molar-refractivity contribution < 1.29 is 15.3 Å². The van der Waals surface area contributed by atoms with E-state index >= 15 is 0 Å². The zero-order valence-corrected chi connectivity index (χ0v) is 10.1. The van der Waals surface area contributed by atoms with E-state index in [4.69, 9.17) is 0 Å². The number of aromatic hydroxyl groups is 3. The summed E-state index contributed by atoms with van der Waals surface area (Å²) in [6, 6.07) is 7.90. The molecule has 0 spiro atoms. The maximum absolute atomic E-state index is 9.79. The van der Waals surface area contributed by atoms with E-state index in [1.807, 2.05) is 25.1 Å². The van der Waals surface area contributed by atoms with Crippen LogP contribution in [0.5, 0.6) is 17.2 Å². The average molecular weight is 257 g/mol. The third-order valence-electron chi connectivity index (χ3n) is 2.81. The van der Waals surface area contributed by atoms with Crippen molar-refractivity contribution in [1.29, 1.82) is 0 Å². The van der Waals surface area contributed by atoms with Gasteiger partial charge in [0, 0.05) is 12.1 Å². The van der Waals surface area contributed by atoms with Gasteiger partial charge < -0.3 is 15.3 Å². The number of nitrogens with zero attached hydrogens (tertiary/aromatic N) is 3. The molecule has 6 heteroatoms. The average Bonchev–Trinajstić information content (AvgIpc) is 2.76. The number of rotatable bonds is 1. The summed E-state index contributed by atoms with van der Waals surface area (Å²) in [4.78, 5) is 1.18. The van der Waals surface area contributed by atoms with Gasteiger partial charge in [-0.25, -0.2) is 0 Å². The molecule has 0 saturated heterocycles. The normalized spacial score (nSPS) is 11.0. The molecule has 2 aromatic carbocycles. The van der Waals surface area contributed by atoms with Crippen LogP contribution in [0.25, 0.3) is 16.7 Å². The second kappa shape index (κ2) is 3.88. The van der Waals surface area contributed by atoms with Crippen molar-refractivity contribution in [2.45, 2.75) is 6.92 Å². The fourth-order valence-electron chi connectivity index (χ4n) is 1.87. The molecule has 19 heavy (non-hydrogen) atoms. The highest BCUT2D eigenvalue weighted by Crippen LogP contribution is 2.35. The molecule has 0 aliphatic heterocycles. The number of phenols is 3. The first kappa shape index (κ1) is 11.3. The smallest absolute Gasteiger partial charge is 0.185 e. The first-order valence-corrected chi connectivity index (χ1v) is 5.63. The van der Waals surface area contributed by atoms with Gasteiger partial charge in [-0.1, -0.05) is 6.07 Å². The minimum Gasteiger partial charge on any atom is -0.508 e. The van der Waals surface area contributed by atoms with Crippen molar-refractivity contribution in [1.82, 2.24) is 15.0 Å². The number of benzene rings is 2.